The molecule has 1 amide bonds. The second kappa shape index (κ2) is 8.74. The molecule has 0 aliphatic carbocycles. The molecule has 0 saturated heterocycles. The predicted octanol–water partition coefficient (Wildman–Crippen LogP) is 5.63. The number of anilines is 1. The molecule has 0 spiro atoms. The number of nitrogens with zero attached hydrogens (tertiary/aromatic N) is 3. The summed E-state index contributed by atoms with van der Waals surface area (Å²) in [5.41, 5.74) is 1.02. The number of amides is 1. The highest BCUT2D eigenvalue weighted by atomic mass is 35.5. The van der Waals surface area contributed by atoms with Crippen molar-refractivity contribution in [2.45, 2.75) is 13.1 Å². The molecule has 0 radical (unpaired) electrons. The summed E-state index contributed by atoms with van der Waals surface area (Å²) in [5, 5.41) is 7.17. The van der Waals surface area contributed by atoms with Crippen LogP contribution in [0.15, 0.2) is 54.6 Å². The smallest absolute Gasteiger partial charge is 0.417 e. The number of pyridine rings is 1. The quantitative estimate of drug-likeness (QED) is 0.407. The molecule has 10 heteroatoms. The van der Waals surface area contributed by atoms with Crippen LogP contribution in [0.25, 0.3) is 22.3 Å². The molecule has 2 aromatic carbocycles. The van der Waals surface area contributed by atoms with Crippen molar-refractivity contribution in [3.05, 3.63) is 70.7 Å². The van der Waals surface area contributed by atoms with Crippen LogP contribution < -0.4 is 10.1 Å². The first-order chi connectivity index (χ1) is 15.6. The summed E-state index contributed by atoms with van der Waals surface area (Å²) in [7, 11) is 1.50. The number of nitrogens with one attached hydrogen (secondary N) is 1. The third-order valence-electron chi connectivity index (χ3n) is 4.93. The molecule has 2 aromatic heterocycles. The van der Waals surface area contributed by atoms with Crippen molar-refractivity contribution in [3.63, 3.8) is 0 Å². The highest BCUT2D eigenvalue weighted by Crippen LogP contribution is 2.40. The Bertz CT molecular complexity index is 1340. The Morgan fingerprint density at radius 1 is 1.15 bits per heavy atom. The predicted molar refractivity (Wildman–Crippen MR) is 119 cm³/mol. The second-order valence-electron chi connectivity index (χ2n) is 7.34. The maximum Gasteiger partial charge on any atom is 0.417 e. The third-order valence-corrected chi connectivity index (χ3v) is 5.34. The van der Waals surface area contributed by atoms with Gasteiger partial charge in [0, 0.05) is 29.4 Å². The lowest BCUT2D eigenvalue weighted by Crippen LogP contribution is -2.21. The number of rotatable bonds is 5. The van der Waals surface area contributed by atoms with Crippen LogP contribution >= 0.6 is 11.6 Å². The Morgan fingerprint density at radius 2 is 1.88 bits per heavy atom. The van der Waals surface area contributed by atoms with Gasteiger partial charge in [-0.1, -0.05) is 48.0 Å². The first-order valence-corrected chi connectivity index (χ1v) is 10.2. The van der Waals surface area contributed by atoms with Crippen molar-refractivity contribution in [2.24, 2.45) is 7.05 Å². The molecule has 0 fully saturated rings. The van der Waals surface area contributed by atoms with Crippen LogP contribution in [-0.4, -0.2) is 27.3 Å². The molecule has 1 N–H and O–H groups in total. The highest BCUT2D eigenvalue weighted by molar-refractivity contribution is 6.31. The molecule has 0 bridgehead atoms. The van der Waals surface area contributed by atoms with Crippen LogP contribution in [0.2, 0.25) is 5.02 Å². The van der Waals surface area contributed by atoms with Crippen molar-refractivity contribution in [1.29, 1.82) is 0 Å². The van der Waals surface area contributed by atoms with Crippen LogP contribution in [0.4, 0.5) is 18.9 Å². The number of carbonyl (C=O) groups excluding carboxylic acids is 1. The fourth-order valence-electron chi connectivity index (χ4n) is 3.33. The van der Waals surface area contributed by atoms with E-state index in [4.69, 9.17) is 16.3 Å². The molecule has 33 heavy (non-hydrogen) atoms. The summed E-state index contributed by atoms with van der Waals surface area (Å²) < 4.78 is 48.4. The first kappa shape index (κ1) is 22.6. The fourth-order valence-corrected chi connectivity index (χ4v) is 3.51. The fraction of sp³-hybridized carbons (Fsp3) is 0.174. The second-order valence-corrected chi connectivity index (χ2v) is 7.75. The molecule has 0 saturated carbocycles. The van der Waals surface area contributed by atoms with Gasteiger partial charge in [-0.3, -0.25) is 4.79 Å². The van der Waals surface area contributed by atoms with Crippen molar-refractivity contribution in [3.8, 4) is 17.1 Å². The SMILES string of the molecule is Cc1ccc(NC(=O)COc2cc(C(F)(F)F)c3c(-c4ccccc4)nn(C)c3n2)cc1Cl. The zero-order valence-electron chi connectivity index (χ0n) is 17.6. The number of aromatic nitrogens is 3. The largest absolute Gasteiger partial charge is 0.467 e. The van der Waals surface area contributed by atoms with E-state index < -0.39 is 24.3 Å². The van der Waals surface area contributed by atoms with E-state index in [1.165, 1.54) is 11.7 Å². The number of fused-ring (bicyclic) bond motifs is 1. The summed E-state index contributed by atoms with van der Waals surface area (Å²) in [4.78, 5) is 16.4. The van der Waals surface area contributed by atoms with Gasteiger partial charge in [0.15, 0.2) is 12.3 Å². The molecule has 4 aromatic rings. The number of ether oxygens (including phenoxy) is 1. The molecular formula is C23H18ClF3N4O2. The number of benzene rings is 2. The van der Waals surface area contributed by atoms with Gasteiger partial charge < -0.3 is 10.1 Å². The topological polar surface area (TPSA) is 69.0 Å². The van der Waals surface area contributed by atoms with E-state index in [1.807, 2.05) is 6.92 Å². The maximum absolute atomic E-state index is 13.9. The summed E-state index contributed by atoms with van der Waals surface area (Å²) in [5.74, 6) is -0.908. The lowest BCUT2D eigenvalue weighted by Gasteiger charge is -2.12. The van der Waals surface area contributed by atoms with Gasteiger partial charge in [0.25, 0.3) is 5.91 Å². The Balaban J connectivity index is 1.64. The zero-order chi connectivity index (χ0) is 23.8. The van der Waals surface area contributed by atoms with E-state index in [1.54, 1.807) is 48.5 Å². The molecule has 0 aliphatic heterocycles. The van der Waals surface area contributed by atoms with E-state index in [-0.39, 0.29) is 22.6 Å². The van der Waals surface area contributed by atoms with Gasteiger partial charge in [-0.25, -0.2) is 4.68 Å². The lowest BCUT2D eigenvalue weighted by atomic mass is 10.0. The molecule has 4 rings (SSSR count). The number of alkyl halides is 3. The van der Waals surface area contributed by atoms with Gasteiger partial charge in [0.1, 0.15) is 5.69 Å². The molecule has 0 unspecified atom stereocenters. The molecule has 0 aliphatic rings. The molecule has 2 heterocycles. The highest BCUT2D eigenvalue weighted by Gasteiger charge is 2.36. The van der Waals surface area contributed by atoms with E-state index >= 15 is 0 Å². The third kappa shape index (κ3) is 4.78. The molecule has 0 atom stereocenters. The van der Waals surface area contributed by atoms with Gasteiger partial charge in [0.2, 0.25) is 5.88 Å². The Morgan fingerprint density at radius 3 is 2.55 bits per heavy atom. The molecular weight excluding hydrogens is 457 g/mol. The van der Waals surface area contributed by atoms with Crippen LogP contribution in [0.1, 0.15) is 11.1 Å². The molecule has 170 valence electrons. The summed E-state index contributed by atoms with van der Waals surface area (Å²) >= 11 is 6.04. The number of carbonyl (C=O) groups is 1. The summed E-state index contributed by atoms with van der Waals surface area (Å²) in [6, 6.07) is 14.3. The minimum atomic E-state index is -4.69. The minimum Gasteiger partial charge on any atom is -0.467 e. The molecule has 6 nitrogen and oxygen atoms in total. The number of halogens is 4. The van der Waals surface area contributed by atoms with Crippen molar-refractivity contribution in [1.82, 2.24) is 14.8 Å². The van der Waals surface area contributed by atoms with Crippen LogP contribution in [0, 0.1) is 6.92 Å². The van der Waals surface area contributed by atoms with Crippen LogP contribution in [0.3, 0.4) is 0 Å². The van der Waals surface area contributed by atoms with Gasteiger partial charge in [-0.2, -0.15) is 23.3 Å². The van der Waals surface area contributed by atoms with Crippen LogP contribution in [-0.2, 0) is 18.0 Å². The van der Waals surface area contributed by atoms with Crippen molar-refractivity contribution in [2.75, 3.05) is 11.9 Å². The van der Waals surface area contributed by atoms with E-state index in [9.17, 15) is 18.0 Å². The van der Waals surface area contributed by atoms with Crippen molar-refractivity contribution >= 4 is 34.2 Å². The maximum atomic E-state index is 13.9. The Labute approximate surface area is 192 Å². The number of hydrogen-bond donors (Lipinski definition) is 1. The average molecular weight is 475 g/mol. The van der Waals surface area contributed by atoms with Crippen LogP contribution in [0.5, 0.6) is 5.88 Å². The van der Waals surface area contributed by atoms with Gasteiger partial charge in [0.05, 0.1) is 10.9 Å². The van der Waals surface area contributed by atoms with E-state index in [2.05, 4.69) is 15.4 Å². The van der Waals surface area contributed by atoms with Gasteiger partial charge >= 0.3 is 6.18 Å². The standard InChI is InChI=1S/C23H18ClF3N4O2/c1-13-8-9-15(10-17(13)24)28-18(32)12-33-19-11-16(23(25,26)27)20-21(14-6-4-3-5-7-14)30-31(2)22(20)29-19/h3-11H,12H2,1-2H3,(H,28,32). The van der Waals surface area contributed by atoms with E-state index in [0.29, 0.717) is 16.3 Å². The minimum absolute atomic E-state index is 0.00981. The van der Waals surface area contributed by atoms with Gasteiger partial charge in [-0.05, 0) is 24.6 Å². The monoisotopic (exact) mass is 474 g/mol. The first-order valence-electron chi connectivity index (χ1n) is 9.82. The Hall–Kier alpha value is -3.59. The lowest BCUT2D eigenvalue weighted by molar-refractivity contribution is -0.136. The van der Waals surface area contributed by atoms with Crippen molar-refractivity contribution < 1.29 is 22.7 Å². The van der Waals surface area contributed by atoms with E-state index in [0.717, 1.165) is 11.6 Å². The normalized spacial score (nSPS) is 11.6. The number of aryl methyl sites for hydroxylation is 2. The average Bonchev–Trinajstić information content (AvgIpc) is 3.11. The Kier molecular flexibility index (Phi) is 5.99. The number of hydrogen-bond acceptors (Lipinski definition) is 4. The summed E-state index contributed by atoms with van der Waals surface area (Å²) in [6.07, 6.45) is -4.69. The zero-order valence-corrected chi connectivity index (χ0v) is 18.3. The van der Waals surface area contributed by atoms with Gasteiger partial charge in [-0.15, -0.1) is 0 Å². The summed E-state index contributed by atoms with van der Waals surface area (Å²) in [6.45, 7) is 1.28.